The Balaban J connectivity index is 1.87. The van der Waals surface area contributed by atoms with Crippen molar-refractivity contribution < 1.29 is 13.6 Å². The van der Waals surface area contributed by atoms with Crippen molar-refractivity contribution in [3.8, 4) is 11.5 Å². The Hall–Kier alpha value is -2.97. The highest BCUT2D eigenvalue weighted by Crippen LogP contribution is 2.33. The van der Waals surface area contributed by atoms with E-state index in [0.29, 0.717) is 11.3 Å². The molecule has 3 aromatic rings. The first-order chi connectivity index (χ1) is 13.0. The summed E-state index contributed by atoms with van der Waals surface area (Å²) in [7, 11) is 0. The van der Waals surface area contributed by atoms with E-state index in [-0.39, 0.29) is 39.9 Å². The fraction of sp³-hybridized carbons (Fsp3) is 0.0588. The Morgan fingerprint density at radius 1 is 1.37 bits per heavy atom. The molecule has 2 heterocycles. The highest BCUT2D eigenvalue weighted by Gasteiger charge is 2.16. The van der Waals surface area contributed by atoms with E-state index in [4.69, 9.17) is 27.6 Å². The predicted octanol–water partition coefficient (Wildman–Crippen LogP) is 4.12. The molecule has 0 radical (unpaired) electrons. The SMILES string of the molecule is C=CC(=O)NCc1coc(-c2cncnc2Nc2ccc(Cl)c(Cl)c2F)n1. The summed E-state index contributed by atoms with van der Waals surface area (Å²) in [6.07, 6.45) is 5.28. The average Bonchev–Trinajstić information content (AvgIpc) is 3.15. The third-order valence-electron chi connectivity index (χ3n) is 3.41. The van der Waals surface area contributed by atoms with E-state index in [1.165, 1.54) is 30.9 Å². The maximum Gasteiger partial charge on any atom is 0.243 e. The Kier molecular flexibility index (Phi) is 5.68. The van der Waals surface area contributed by atoms with Crippen LogP contribution in [0.5, 0.6) is 0 Å². The standard InChI is InChI=1S/C17H12Cl2FN5O2/c1-2-13(26)22-5-9-7-27-17(24-9)10-6-21-8-23-16(10)25-12-4-3-11(18)14(19)15(12)20/h2-4,6-8H,1,5H2,(H,22,26)(H,21,23,25). The van der Waals surface area contributed by atoms with Crippen molar-refractivity contribution in [2.75, 3.05) is 5.32 Å². The van der Waals surface area contributed by atoms with Crippen molar-refractivity contribution in [2.24, 2.45) is 0 Å². The number of carbonyl (C=O) groups is 1. The quantitative estimate of drug-likeness (QED) is 0.471. The molecule has 0 bridgehead atoms. The normalized spacial score (nSPS) is 10.5. The lowest BCUT2D eigenvalue weighted by atomic mass is 10.2. The van der Waals surface area contributed by atoms with Gasteiger partial charge in [0.1, 0.15) is 18.4 Å². The molecule has 10 heteroatoms. The molecule has 3 rings (SSSR count). The molecule has 0 saturated carbocycles. The molecule has 0 fully saturated rings. The summed E-state index contributed by atoms with van der Waals surface area (Å²) >= 11 is 11.6. The average molecular weight is 408 g/mol. The topological polar surface area (TPSA) is 92.9 Å². The van der Waals surface area contributed by atoms with Crippen molar-refractivity contribution in [3.05, 3.63) is 65.1 Å². The van der Waals surface area contributed by atoms with Crippen LogP contribution < -0.4 is 10.6 Å². The predicted molar refractivity (Wildman–Crippen MR) is 99.3 cm³/mol. The van der Waals surface area contributed by atoms with Gasteiger partial charge in [-0.3, -0.25) is 4.79 Å². The van der Waals surface area contributed by atoms with E-state index < -0.39 is 5.82 Å². The number of benzene rings is 1. The lowest BCUT2D eigenvalue weighted by Gasteiger charge is -2.10. The summed E-state index contributed by atoms with van der Waals surface area (Å²) < 4.78 is 19.7. The molecule has 0 saturated heterocycles. The lowest BCUT2D eigenvalue weighted by molar-refractivity contribution is -0.116. The van der Waals surface area contributed by atoms with E-state index in [1.807, 2.05) is 0 Å². The van der Waals surface area contributed by atoms with Crippen molar-refractivity contribution >= 4 is 40.6 Å². The van der Waals surface area contributed by atoms with Crippen LogP contribution in [0, 0.1) is 5.82 Å². The van der Waals surface area contributed by atoms with E-state index >= 15 is 0 Å². The van der Waals surface area contributed by atoms with Gasteiger partial charge in [0.15, 0.2) is 5.82 Å². The molecule has 0 unspecified atom stereocenters. The van der Waals surface area contributed by atoms with Gasteiger partial charge in [-0.05, 0) is 18.2 Å². The Morgan fingerprint density at radius 2 is 2.19 bits per heavy atom. The molecule has 7 nitrogen and oxygen atoms in total. The molecule has 1 aromatic carbocycles. The molecular formula is C17H12Cl2FN5O2. The van der Waals surface area contributed by atoms with Gasteiger partial charge >= 0.3 is 0 Å². The van der Waals surface area contributed by atoms with Crippen molar-refractivity contribution in [2.45, 2.75) is 6.54 Å². The third kappa shape index (κ3) is 4.24. The van der Waals surface area contributed by atoms with Gasteiger partial charge in [-0.25, -0.2) is 19.3 Å². The van der Waals surface area contributed by atoms with Gasteiger partial charge in [-0.1, -0.05) is 29.8 Å². The van der Waals surface area contributed by atoms with Gasteiger partial charge in [0.25, 0.3) is 0 Å². The van der Waals surface area contributed by atoms with Gasteiger partial charge < -0.3 is 15.1 Å². The summed E-state index contributed by atoms with van der Waals surface area (Å²) in [6.45, 7) is 3.53. The highest BCUT2D eigenvalue weighted by molar-refractivity contribution is 6.42. The van der Waals surface area contributed by atoms with Crippen LogP contribution in [0.4, 0.5) is 15.9 Å². The van der Waals surface area contributed by atoms with Gasteiger partial charge in [0.2, 0.25) is 11.8 Å². The molecule has 0 atom stereocenters. The number of halogens is 3. The van der Waals surface area contributed by atoms with E-state index in [0.717, 1.165) is 6.08 Å². The van der Waals surface area contributed by atoms with Crippen molar-refractivity contribution in [3.63, 3.8) is 0 Å². The molecule has 2 aromatic heterocycles. The van der Waals surface area contributed by atoms with Gasteiger partial charge in [0.05, 0.1) is 33.5 Å². The van der Waals surface area contributed by atoms with Crippen LogP contribution in [0.2, 0.25) is 10.0 Å². The number of rotatable bonds is 6. The number of amides is 1. The fourth-order valence-electron chi connectivity index (χ4n) is 2.10. The smallest absolute Gasteiger partial charge is 0.243 e. The van der Waals surface area contributed by atoms with Crippen LogP contribution in [-0.4, -0.2) is 20.9 Å². The molecular weight excluding hydrogens is 396 g/mol. The number of oxazole rings is 1. The fourth-order valence-corrected chi connectivity index (χ4v) is 2.41. The van der Waals surface area contributed by atoms with Crippen LogP contribution in [0.25, 0.3) is 11.5 Å². The molecule has 27 heavy (non-hydrogen) atoms. The first-order valence-electron chi connectivity index (χ1n) is 7.55. The van der Waals surface area contributed by atoms with Crippen LogP contribution in [0.15, 0.2) is 48.0 Å². The zero-order chi connectivity index (χ0) is 19.4. The van der Waals surface area contributed by atoms with Gasteiger partial charge in [-0.15, -0.1) is 0 Å². The van der Waals surface area contributed by atoms with Crippen molar-refractivity contribution in [1.29, 1.82) is 0 Å². The van der Waals surface area contributed by atoms with E-state index in [2.05, 4.69) is 32.2 Å². The van der Waals surface area contributed by atoms with Gasteiger partial charge in [0, 0.05) is 6.20 Å². The second-order valence-electron chi connectivity index (χ2n) is 5.20. The summed E-state index contributed by atoms with van der Waals surface area (Å²) in [4.78, 5) is 23.5. The maximum atomic E-state index is 14.3. The Labute approximate surface area is 163 Å². The van der Waals surface area contributed by atoms with Crippen LogP contribution in [-0.2, 0) is 11.3 Å². The largest absolute Gasteiger partial charge is 0.444 e. The summed E-state index contributed by atoms with van der Waals surface area (Å²) in [5, 5.41) is 5.31. The lowest BCUT2D eigenvalue weighted by Crippen LogP contribution is -2.20. The minimum absolute atomic E-state index is 0.0781. The molecule has 0 spiro atoms. The van der Waals surface area contributed by atoms with Crippen LogP contribution in [0.3, 0.4) is 0 Å². The third-order valence-corrected chi connectivity index (χ3v) is 4.19. The second kappa shape index (κ2) is 8.15. The van der Waals surface area contributed by atoms with Crippen molar-refractivity contribution in [1.82, 2.24) is 20.3 Å². The highest BCUT2D eigenvalue weighted by atomic mass is 35.5. The van der Waals surface area contributed by atoms with E-state index in [9.17, 15) is 9.18 Å². The molecule has 0 aliphatic heterocycles. The van der Waals surface area contributed by atoms with E-state index in [1.54, 1.807) is 0 Å². The van der Waals surface area contributed by atoms with Gasteiger partial charge in [-0.2, -0.15) is 0 Å². The number of hydrogen-bond donors (Lipinski definition) is 2. The summed E-state index contributed by atoms with van der Waals surface area (Å²) in [5.41, 5.74) is 0.953. The number of aromatic nitrogens is 3. The number of anilines is 2. The summed E-state index contributed by atoms with van der Waals surface area (Å²) in [6, 6.07) is 2.89. The Morgan fingerprint density at radius 3 is 2.96 bits per heavy atom. The number of nitrogens with zero attached hydrogens (tertiary/aromatic N) is 3. The molecule has 0 aliphatic carbocycles. The first kappa shape index (κ1) is 18.8. The number of hydrogen-bond acceptors (Lipinski definition) is 6. The Bertz CT molecular complexity index is 1010. The maximum absolute atomic E-state index is 14.3. The number of nitrogens with one attached hydrogen (secondary N) is 2. The molecule has 138 valence electrons. The minimum atomic E-state index is -0.714. The molecule has 1 amide bonds. The van der Waals surface area contributed by atoms with Crippen LogP contribution >= 0.6 is 23.2 Å². The van der Waals surface area contributed by atoms with Crippen LogP contribution in [0.1, 0.15) is 5.69 Å². The minimum Gasteiger partial charge on any atom is -0.444 e. The monoisotopic (exact) mass is 407 g/mol. The first-order valence-corrected chi connectivity index (χ1v) is 8.30. The zero-order valence-corrected chi connectivity index (χ0v) is 15.2. The zero-order valence-electron chi connectivity index (χ0n) is 13.7. The number of carbonyl (C=O) groups excluding carboxylic acids is 1. The second-order valence-corrected chi connectivity index (χ2v) is 5.98. The summed E-state index contributed by atoms with van der Waals surface area (Å²) in [5.74, 6) is -0.596. The molecule has 0 aliphatic rings. The molecule has 2 N–H and O–H groups in total.